The molecule has 0 bridgehead atoms. The molecule has 1 fully saturated rings. The zero-order chi connectivity index (χ0) is 30.7. The van der Waals surface area contributed by atoms with E-state index >= 15 is 0 Å². The van der Waals surface area contributed by atoms with Crippen LogP contribution in [0, 0.1) is 0 Å². The second kappa shape index (κ2) is 12.6. The van der Waals surface area contributed by atoms with E-state index in [-0.39, 0.29) is 5.56 Å². The summed E-state index contributed by atoms with van der Waals surface area (Å²) in [4.78, 5) is 27.4. The number of hydrogen-bond donors (Lipinski definition) is 2. The molecule has 1 saturated heterocycles. The number of alkyl halides is 3. The van der Waals surface area contributed by atoms with Gasteiger partial charge in [-0.3, -0.25) is 4.79 Å². The molecule has 3 aromatic carbocycles. The quantitative estimate of drug-likeness (QED) is 0.195. The largest absolute Gasteiger partial charge is 0.416 e. The molecule has 0 saturated carbocycles. The van der Waals surface area contributed by atoms with Crippen LogP contribution in [0.25, 0.3) is 20.7 Å². The molecule has 2 aromatic heterocycles. The molecule has 3 heterocycles. The molecular weight excluding hydrogens is 585 g/mol. The minimum Gasteiger partial charge on any atom is -0.369 e. The van der Waals surface area contributed by atoms with Crippen LogP contribution in [0.3, 0.4) is 0 Å². The number of benzene rings is 3. The van der Waals surface area contributed by atoms with E-state index in [0.29, 0.717) is 18.7 Å². The fourth-order valence-corrected chi connectivity index (χ4v) is 6.24. The van der Waals surface area contributed by atoms with Crippen molar-refractivity contribution in [3.8, 4) is 10.4 Å². The van der Waals surface area contributed by atoms with Gasteiger partial charge in [0.1, 0.15) is 12.1 Å². The van der Waals surface area contributed by atoms with Crippen molar-refractivity contribution >= 4 is 44.7 Å². The van der Waals surface area contributed by atoms with Gasteiger partial charge in [-0.15, -0.1) is 11.3 Å². The normalized spacial score (nSPS) is 14.1. The van der Waals surface area contributed by atoms with Crippen LogP contribution in [-0.2, 0) is 12.6 Å². The lowest BCUT2D eigenvalue weighted by atomic mass is 10.1. The number of likely N-dealkylation sites (N-methyl/N-ethyl adjacent to an activating group) is 1. The Labute approximate surface area is 257 Å². The Hall–Kier alpha value is -4.48. The van der Waals surface area contributed by atoms with Gasteiger partial charge in [0.2, 0.25) is 0 Å². The van der Waals surface area contributed by atoms with Crippen LogP contribution >= 0.6 is 11.3 Å². The summed E-state index contributed by atoms with van der Waals surface area (Å²) in [5.74, 6) is 0.186. The standard InChI is InChI=1S/C33H31F3N6OS/c1-41-14-16-42(17-15-41)27-7-3-4-23(19-27)29-20-28-30(44-29)31(39-21-38-28)37-13-12-22-8-10-26(11-9-22)40-32(43)24-5-2-6-25(18-24)33(34,35)36/h2-11,18-21H,12-17H2,1H3,(H,40,43)(H,37,38,39). The molecule has 0 unspecified atom stereocenters. The molecule has 0 aliphatic carbocycles. The van der Waals surface area contributed by atoms with Crippen LogP contribution in [-0.4, -0.2) is 60.5 Å². The summed E-state index contributed by atoms with van der Waals surface area (Å²) >= 11 is 1.67. The number of fused-ring (bicyclic) bond motifs is 1. The Morgan fingerprint density at radius 1 is 0.932 bits per heavy atom. The van der Waals surface area contributed by atoms with Crippen molar-refractivity contribution in [3.63, 3.8) is 0 Å². The maximum absolute atomic E-state index is 13.0. The predicted molar refractivity (Wildman–Crippen MR) is 171 cm³/mol. The van der Waals surface area contributed by atoms with Crippen LogP contribution in [0.4, 0.5) is 30.4 Å². The highest BCUT2D eigenvalue weighted by Crippen LogP contribution is 2.37. The molecular formula is C33H31F3N6OS. The van der Waals surface area contributed by atoms with E-state index in [1.807, 2.05) is 12.1 Å². The smallest absolute Gasteiger partial charge is 0.369 e. The first-order chi connectivity index (χ1) is 21.2. The number of amides is 1. The maximum atomic E-state index is 13.0. The van der Waals surface area contributed by atoms with Crippen LogP contribution < -0.4 is 15.5 Å². The molecule has 11 heteroatoms. The summed E-state index contributed by atoms with van der Waals surface area (Å²) < 4.78 is 40.0. The summed E-state index contributed by atoms with van der Waals surface area (Å²) in [5, 5.41) is 6.10. The third kappa shape index (κ3) is 6.84. The number of hydrogen-bond acceptors (Lipinski definition) is 7. The molecule has 44 heavy (non-hydrogen) atoms. The molecule has 0 radical (unpaired) electrons. The van der Waals surface area contributed by atoms with Gasteiger partial charge in [-0.05, 0) is 73.1 Å². The highest BCUT2D eigenvalue weighted by atomic mass is 32.1. The molecule has 0 spiro atoms. The van der Waals surface area contributed by atoms with Crippen molar-refractivity contribution < 1.29 is 18.0 Å². The van der Waals surface area contributed by atoms with E-state index in [1.54, 1.807) is 29.8 Å². The van der Waals surface area contributed by atoms with Crippen LogP contribution in [0.2, 0.25) is 0 Å². The molecule has 226 valence electrons. The number of thiophene rings is 1. The Kier molecular flexibility index (Phi) is 8.49. The van der Waals surface area contributed by atoms with E-state index in [0.717, 1.165) is 70.4 Å². The summed E-state index contributed by atoms with van der Waals surface area (Å²) in [5.41, 5.74) is 3.92. The van der Waals surface area contributed by atoms with Crippen molar-refractivity contribution in [1.82, 2.24) is 14.9 Å². The van der Waals surface area contributed by atoms with Gasteiger partial charge in [-0.1, -0.05) is 30.3 Å². The summed E-state index contributed by atoms with van der Waals surface area (Å²) in [6, 6.07) is 22.4. The highest BCUT2D eigenvalue weighted by Gasteiger charge is 2.31. The molecule has 6 rings (SSSR count). The van der Waals surface area contributed by atoms with E-state index in [9.17, 15) is 18.0 Å². The van der Waals surface area contributed by atoms with Crippen LogP contribution in [0.15, 0.2) is 85.2 Å². The van der Waals surface area contributed by atoms with E-state index in [4.69, 9.17) is 0 Å². The van der Waals surface area contributed by atoms with Gasteiger partial charge in [0, 0.05) is 54.5 Å². The average molecular weight is 617 g/mol. The van der Waals surface area contributed by atoms with E-state index in [2.05, 4.69) is 67.8 Å². The first kappa shape index (κ1) is 29.6. The lowest BCUT2D eigenvalue weighted by molar-refractivity contribution is -0.137. The third-order valence-electron chi connectivity index (χ3n) is 7.68. The highest BCUT2D eigenvalue weighted by molar-refractivity contribution is 7.22. The van der Waals surface area contributed by atoms with Gasteiger partial charge in [0.25, 0.3) is 5.91 Å². The third-order valence-corrected chi connectivity index (χ3v) is 8.86. The zero-order valence-corrected chi connectivity index (χ0v) is 24.9. The van der Waals surface area contributed by atoms with Crippen molar-refractivity contribution in [3.05, 3.63) is 102 Å². The number of halogens is 3. The van der Waals surface area contributed by atoms with Crippen molar-refractivity contribution in [2.75, 3.05) is 55.3 Å². The Morgan fingerprint density at radius 3 is 2.48 bits per heavy atom. The number of nitrogens with one attached hydrogen (secondary N) is 2. The number of anilines is 3. The van der Waals surface area contributed by atoms with Gasteiger partial charge in [0.05, 0.1) is 15.8 Å². The van der Waals surface area contributed by atoms with Crippen LogP contribution in [0.5, 0.6) is 0 Å². The minimum atomic E-state index is -4.51. The van der Waals surface area contributed by atoms with Crippen LogP contribution in [0.1, 0.15) is 21.5 Å². The summed E-state index contributed by atoms with van der Waals surface area (Å²) in [6.45, 7) is 4.78. The molecule has 1 aliphatic heterocycles. The second-order valence-corrected chi connectivity index (χ2v) is 11.8. The van der Waals surface area contributed by atoms with Crippen molar-refractivity contribution in [2.24, 2.45) is 0 Å². The molecule has 1 amide bonds. The minimum absolute atomic E-state index is 0.0521. The van der Waals surface area contributed by atoms with E-state index < -0.39 is 17.6 Å². The molecule has 2 N–H and O–H groups in total. The number of carbonyl (C=O) groups is 1. The molecule has 0 atom stereocenters. The number of nitrogens with zero attached hydrogens (tertiary/aromatic N) is 4. The zero-order valence-electron chi connectivity index (χ0n) is 24.1. The molecule has 1 aliphatic rings. The topological polar surface area (TPSA) is 73.4 Å². The van der Waals surface area contributed by atoms with Gasteiger partial charge < -0.3 is 20.4 Å². The van der Waals surface area contributed by atoms with Gasteiger partial charge in [-0.25, -0.2) is 9.97 Å². The lowest BCUT2D eigenvalue weighted by Crippen LogP contribution is -2.44. The summed E-state index contributed by atoms with van der Waals surface area (Å²) in [6.07, 6.45) is -2.23. The molecule has 5 aromatic rings. The maximum Gasteiger partial charge on any atom is 0.416 e. The number of carbonyl (C=O) groups excluding carboxylic acids is 1. The average Bonchev–Trinajstić information content (AvgIpc) is 3.48. The SMILES string of the molecule is CN1CCN(c2cccc(-c3cc4ncnc(NCCc5ccc(NC(=O)c6cccc(C(F)(F)F)c6)cc5)c4s3)c2)CC1. The summed E-state index contributed by atoms with van der Waals surface area (Å²) in [7, 11) is 2.16. The van der Waals surface area contributed by atoms with Gasteiger partial charge >= 0.3 is 6.18 Å². The van der Waals surface area contributed by atoms with E-state index in [1.165, 1.54) is 17.8 Å². The van der Waals surface area contributed by atoms with Gasteiger partial charge in [0.15, 0.2) is 0 Å². The Bertz CT molecular complexity index is 1760. The first-order valence-electron chi connectivity index (χ1n) is 14.3. The number of aromatic nitrogens is 2. The monoisotopic (exact) mass is 616 g/mol. The fraction of sp³-hybridized carbons (Fsp3) is 0.242. The predicted octanol–water partition coefficient (Wildman–Crippen LogP) is 7.04. The van der Waals surface area contributed by atoms with Crippen molar-refractivity contribution in [2.45, 2.75) is 12.6 Å². The van der Waals surface area contributed by atoms with Crippen molar-refractivity contribution in [1.29, 1.82) is 0 Å². The lowest BCUT2D eigenvalue weighted by Gasteiger charge is -2.34. The Morgan fingerprint density at radius 2 is 1.70 bits per heavy atom. The number of rotatable bonds is 8. The molecule has 7 nitrogen and oxygen atoms in total. The Balaban J connectivity index is 1.07. The second-order valence-electron chi connectivity index (χ2n) is 10.8. The number of piperazine rings is 1. The first-order valence-corrected chi connectivity index (χ1v) is 15.1. The fourth-order valence-electron chi connectivity index (χ4n) is 5.16. The van der Waals surface area contributed by atoms with Gasteiger partial charge in [-0.2, -0.15) is 13.2 Å².